The molecule has 8 nitrogen and oxygen atoms in total. The predicted octanol–water partition coefficient (Wildman–Crippen LogP) is 2.02. The molecule has 0 N–H and O–H groups in total. The number of carbonyl (C=O) groups excluding carboxylic acids is 4. The van der Waals surface area contributed by atoms with Crippen molar-refractivity contribution in [3.05, 3.63) is 54.4 Å². The third kappa shape index (κ3) is 2.66. The highest BCUT2D eigenvalue weighted by Gasteiger charge is 2.51. The molecule has 1 aliphatic heterocycles. The lowest BCUT2D eigenvalue weighted by Crippen LogP contribution is -2.54. The highest BCUT2D eigenvalue weighted by Crippen LogP contribution is 2.34. The number of hydrogen-bond acceptors (Lipinski definition) is 7. The first kappa shape index (κ1) is 17.6. The van der Waals surface area contributed by atoms with Crippen LogP contribution in [0.15, 0.2) is 52.9 Å². The minimum absolute atomic E-state index is 0.0389. The fourth-order valence-corrected chi connectivity index (χ4v) is 3.05. The van der Waals surface area contributed by atoms with Gasteiger partial charge in [0.25, 0.3) is 0 Å². The van der Waals surface area contributed by atoms with Gasteiger partial charge in [-0.05, 0) is 31.2 Å². The monoisotopic (exact) mass is 378 g/mol. The van der Waals surface area contributed by atoms with Crippen LogP contribution in [0.3, 0.4) is 0 Å². The normalized spacial score (nSPS) is 15.5. The molecule has 2 heterocycles. The van der Waals surface area contributed by atoms with E-state index >= 15 is 0 Å². The Morgan fingerprint density at radius 3 is 2.29 bits per heavy atom. The van der Waals surface area contributed by atoms with E-state index in [9.17, 15) is 19.2 Å². The van der Waals surface area contributed by atoms with Crippen molar-refractivity contribution >= 4 is 40.2 Å². The lowest BCUT2D eigenvalue weighted by atomic mass is 9.92. The zero-order chi connectivity index (χ0) is 19.8. The van der Waals surface area contributed by atoms with Crippen LogP contribution in [0, 0.1) is 0 Å². The van der Waals surface area contributed by atoms with Gasteiger partial charge in [-0.15, -0.1) is 0 Å². The van der Waals surface area contributed by atoms with Crippen LogP contribution in [-0.2, 0) is 19.2 Å². The van der Waals surface area contributed by atoms with Gasteiger partial charge in [0.1, 0.15) is 11.3 Å². The lowest BCUT2D eigenvalue weighted by molar-refractivity contribution is -0.149. The van der Waals surface area contributed by atoms with Gasteiger partial charge >= 0.3 is 11.8 Å². The van der Waals surface area contributed by atoms with Crippen LogP contribution in [0.5, 0.6) is 5.75 Å². The average molecular weight is 378 g/mol. The van der Waals surface area contributed by atoms with Crippen LogP contribution in [0.25, 0.3) is 11.1 Å². The number of carbonyl (C=O) groups is 4. The smallest absolute Gasteiger partial charge is 0.302 e. The number of imide groups is 1. The van der Waals surface area contributed by atoms with Crippen molar-refractivity contribution in [2.45, 2.75) is 12.8 Å². The number of para-hydroxylation sites is 4. The highest BCUT2D eigenvalue weighted by atomic mass is 16.5. The van der Waals surface area contributed by atoms with Crippen molar-refractivity contribution in [1.29, 1.82) is 0 Å². The van der Waals surface area contributed by atoms with E-state index in [0.29, 0.717) is 16.0 Å². The van der Waals surface area contributed by atoms with E-state index in [2.05, 4.69) is 4.98 Å². The molecule has 2 aromatic carbocycles. The topological polar surface area (TPSA) is 107 Å². The molecule has 0 saturated carbocycles. The first-order valence-corrected chi connectivity index (χ1v) is 8.56. The van der Waals surface area contributed by atoms with Crippen molar-refractivity contribution in [3.63, 3.8) is 0 Å². The molecule has 0 spiro atoms. The number of ketones is 2. The van der Waals surface area contributed by atoms with E-state index in [0.717, 1.165) is 0 Å². The molecule has 0 unspecified atom stereocenters. The predicted molar refractivity (Wildman–Crippen MR) is 96.9 cm³/mol. The molecule has 1 fully saturated rings. The summed E-state index contributed by atoms with van der Waals surface area (Å²) in [5, 5.41) is 0. The first-order chi connectivity index (χ1) is 13.5. The Bertz CT molecular complexity index is 1070. The van der Waals surface area contributed by atoms with Crippen LogP contribution in [0.4, 0.5) is 5.69 Å². The molecule has 4 rings (SSSR count). The van der Waals surface area contributed by atoms with Gasteiger partial charge in [0.15, 0.2) is 11.5 Å². The molecular formula is C20H14N2O6. The van der Waals surface area contributed by atoms with Crippen molar-refractivity contribution in [2.75, 3.05) is 11.5 Å². The number of amides is 2. The molecule has 140 valence electrons. The molecule has 0 bridgehead atoms. The van der Waals surface area contributed by atoms with Crippen molar-refractivity contribution in [3.8, 4) is 5.75 Å². The Morgan fingerprint density at radius 1 is 0.964 bits per heavy atom. The van der Waals surface area contributed by atoms with Crippen LogP contribution in [0.1, 0.15) is 18.7 Å². The number of aromatic nitrogens is 1. The van der Waals surface area contributed by atoms with E-state index in [1.807, 2.05) is 0 Å². The first-order valence-electron chi connectivity index (χ1n) is 8.56. The second kappa shape index (κ2) is 6.73. The molecular weight excluding hydrogens is 364 g/mol. The number of ether oxygens (including phenoxy) is 1. The van der Waals surface area contributed by atoms with Gasteiger partial charge in [-0.2, -0.15) is 0 Å². The van der Waals surface area contributed by atoms with Crippen molar-refractivity contribution in [2.24, 2.45) is 0 Å². The number of nitrogens with zero attached hydrogens (tertiary/aromatic N) is 2. The third-order valence-electron chi connectivity index (χ3n) is 4.32. The van der Waals surface area contributed by atoms with Gasteiger partial charge in [-0.25, -0.2) is 9.88 Å². The van der Waals surface area contributed by atoms with Crippen molar-refractivity contribution < 1.29 is 28.3 Å². The number of anilines is 1. The Morgan fingerprint density at radius 2 is 1.61 bits per heavy atom. The summed E-state index contributed by atoms with van der Waals surface area (Å²) in [6.45, 7) is 2.01. The highest BCUT2D eigenvalue weighted by molar-refractivity contribution is 6.66. The largest absolute Gasteiger partial charge is 0.492 e. The molecule has 1 aromatic heterocycles. The summed E-state index contributed by atoms with van der Waals surface area (Å²) in [7, 11) is 0. The van der Waals surface area contributed by atoms with E-state index in [1.54, 1.807) is 49.4 Å². The zero-order valence-electron chi connectivity index (χ0n) is 14.7. The molecule has 0 aliphatic carbocycles. The Kier molecular flexibility index (Phi) is 4.23. The van der Waals surface area contributed by atoms with Gasteiger partial charge in [0, 0.05) is 0 Å². The molecule has 1 saturated heterocycles. The van der Waals surface area contributed by atoms with E-state index in [1.165, 1.54) is 6.07 Å². The van der Waals surface area contributed by atoms with E-state index in [4.69, 9.17) is 9.15 Å². The maximum absolute atomic E-state index is 12.7. The molecule has 1 aliphatic rings. The number of rotatable bonds is 4. The lowest BCUT2D eigenvalue weighted by Gasteiger charge is -2.27. The molecule has 0 atom stereocenters. The number of piperidine rings is 1. The van der Waals surface area contributed by atoms with Gasteiger partial charge < -0.3 is 9.15 Å². The van der Waals surface area contributed by atoms with Crippen LogP contribution < -0.4 is 9.64 Å². The quantitative estimate of drug-likeness (QED) is 0.388. The minimum Gasteiger partial charge on any atom is -0.492 e. The summed E-state index contributed by atoms with van der Waals surface area (Å²) in [4.78, 5) is 55.5. The molecule has 0 radical (unpaired) electrons. The average Bonchev–Trinajstić information content (AvgIpc) is 3.12. The second-order valence-corrected chi connectivity index (χ2v) is 6.03. The number of oxazole rings is 1. The summed E-state index contributed by atoms with van der Waals surface area (Å²) >= 11 is 0. The summed E-state index contributed by atoms with van der Waals surface area (Å²) in [5.74, 6) is -6.18. The summed E-state index contributed by atoms with van der Waals surface area (Å²) in [6, 6.07) is 12.8. The fraction of sp³-hybridized carbons (Fsp3) is 0.150. The SMILES string of the molecule is CCOc1ccccc1N1C(=O)C(=O)C(c2nc3ccccc3o2)C(=O)C1=O. The zero-order valence-corrected chi connectivity index (χ0v) is 14.7. The Hall–Kier alpha value is -3.81. The van der Waals surface area contributed by atoms with Crippen LogP contribution in [-0.4, -0.2) is 35.0 Å². The maximum Gasteiger partial charge on any atom is 0.302 e. The van der Waals surface area contributed by atoms with Crippen LogP contribution >= 0.6 is 0 Å². The van der Waals surface area contributed by atoms with Gasteiger partial charge in [0.05, 0.1) is 12.3 Å². The summed E-state index contributed by atoms with van der Waals surface area (Å²) in [5.41, 5.74) is 0.807. The number of Topliss-reactive ketones (excluding diaryl/α,β-unsaturated/α-hetero) is 2. The van der Waals surface area contributed by atoms with Gasteiger partial charge in [-0.3, -0.25) is 19.2 Å². The van der Waals surface area contributed by atoms with Gasteiger partial charge in [-0.1, -0.05) is 24.3 Å². The summed E-state index contributed by atoms with van der Waals surface area (Å²) < 4.78 is 10.9. The number of benzene rings is 2. The number of hydrogen-bond donors (Lipinski definition) is 0. The van der Waals surface area contributed by atoms with Crippen molar-refractivity contribution in [1.82, 2.24) is 4.98 Å². The fourth-order valence-electron chi connectivity index (χ4n) is 3.05. The van der Waals surface area contributed by atoms with E-state index < -0.39 is 29.3 Å². The van der Waals surface area contributed by atoms with E-state index in [-0.39, 0.29) is 23.9 Å². The molecule has 8 heteroatoms. The Balaban J connectivity index is 1.76. The number of fused-ring (bicyclic) bond motifs is 1. The standard InChI is InChI=1S/C20H14N2O6/c1-2-27-14-10-6-4-8-12(14)22-19(25)16(23)15(17(24)20(22)26)18-21-11-7-3-5-9-13(11)28-18/h3-10,15H,2H2,1H3. The third-order valence-corrected chi connectivity index (χ3v) is 4.32. The summed E-state index contributed by atoms with van der Waals surface area (Å²) in [6.07, 6.45) is 0. The Labute approximate surface area is 158 Å². The van der Waals surface area contributed by atoms with Gasteiger partial charge in [0.2, 0.25) is 17.5 Å². The molecule has 3 aromatic rings. The van der Waals surface area contributed by atoms with Crippen LogP contribution in [0.2, 0.25) is 0 Å². The minimum atomic E-state index is -1.69. The second-order valence-electron chi connectivity index (χ2n) is 6.03. The molecule has 2 amide bonds. The molecule has 28 heavy (non-hydrogen) atoms. The maximum atomic E-state index is 12.7.